The standard InChI is InChI=1S/C45H74O18/c1-19(18-57-40-36(53)34(51)32(49)28(16-46)60-40)8-13-45(56)20(2)30-27(63-45)15-26-24-7-6-22-14-23(9-11-43(22,4)25(24)10-12-44(26,30)5)59-42-38(55)35(52)39(29(17-47)61-42)62-41-37(54)33(50)31(48)21(3)58-41/h6,19-21,23-42,46-56H,7-18H2,1-5H3/t19-,20+,21+,23+,24-,25+,26+,27?,28-,29-,30+,31+,32-,33-,34+,35-,36-,37-,38-,39-,40-,41+,42-,43+,44+,45-/m1/s1. The second-order valence-corrected chi connectivity index (χ2v) is 21.0. The molecule has 18 heteroatoms. The fourth-order valence-electron chi connectivity index (χ4n) is 13.5. The lowest BCUT2D eigenvalue weighted by atomic mass is 9.47. The number of ether oxygens (including phenoxy) is 7. The molecule has 0 aromatic rings. The van der Waals surface area contributed by atoms with E-state index in [9.17, 15) is 56.2 Å². The zero-order chi connectivity index (χ0) is 45.5. The van der Waals surface area contributed by atoms with Crippen molar-refractivity contribution in [3.8, 4) is 0 Å². The van der Waals surface area contributed by atoms with E-state index in [1.165, 1.54) is 12.5 Å². The van der Waals surface area contributed by atoms with Crippen LogP contribution in [0.2, 0.25) is 0 Å². The van der Waals surface area contributed by atoms with Gasteiger partial charge in [-0.1, -0.05) is 39.3 Å². The Morgan fingerprint density at radius 1 is 0.746 bits per heavy atom. The first kappa shape index (κ1) is 48.5. The van der Waals surface area contributed by atoms with Crippen molar-refractivity contribution in [2.24, 2.45) is 46.3 Å². The number of aliphatic hydroxyl groups is 11. The lowest BCUT2D eigenvalue weighted by molar-refractivity contribution is -0.360. The third kappa shape index (κ3) is 8.51. The molecule has 0 bridgehead atoms. The fraction of sp³-hybridized carbons (Fsp3) is 0.956. The largest absolute Gasteiger partial charge is 0.394 e. The summed E-state index contributed by atoms with van der Waals surface area (Å²) in [6.07, 6.45) is -11.3. The van der Waals surface area contributed by atoms with E-state index in [1.807, 2.05) is 6.92 Å². The third-order valence-corrected chi connectivity index (χ3v) is 17.4. The van der Waals surface area contributed by atoms with Gasteiger partial charge in [0, 0.05) is 12.3 Å². The van der Waals surface area contributed by atoms with E-state index in [4.69, 9.17) is 33.2 Å². The number of allylic oxidation sites excluding steroid dienone is 1. The third-order valence-electron chi connectivity index (χ3n) is 17.4. The molecule has 11 N–H and O–H groups in total. The average Bonchev–Trinajstić information content (AvgIpc) is 3.70. The van der Waals surface area contributed by atoms with Crippen molar-refractivity contribution in [2.75, 3.05) is 19.8 Å². The first-order valence-electron chi connectivity index (χ1n) is 23.4. The molecule has 8 rings (SSSR count). The highest BCUT2D eigenvalue weighted by molar-refractivity contribution is 5.26. The van der Waals surface area contributed by atoms with Crippen LogP contribution in [0.3, 0.4) is 0 Å². The first-order chi connectivity index (χ1) is 29.8. The summed E-state index contributed by atoms with van der Waals surface area (Å²) in [4.78, 5) is 0. The van der Waals surface area contributed by atoms with Crippen LogP contribution >= 0.6 is 0 Å². The molecular formula is C45H74O18. The molecule has 4 aliphatic heterocycles. The molecule has 0 spiro atoms. The molecule has 4 saturated heterocycles. The van der Waals surface area contributed by atoms with Gasteiger partial charge in [-0.25, -0.2) is 0 Å². The van der Waals surface area contributed by atoms with Gasteiger partial charge in [0.1, 0.15) is 67.1 Å². The summed E-state index contributed by atoms with van der Waals surface area (Å²) in [5, 5.41) is 115. The molecule has 362 valence electrons. The minimum Gasteiger partial charge on any atom is -0.394 e. The summed E-state index contributed by atoms with van der Waals surface area (Å²) < 4.78 is 41.6. The minimum atomic E-state index is -1.64. The summed E-state index contributed by atoms with van der Waals surface area (Å²) in [6.45, 7) is 9.42. The van der Waals surface area contributed by atoms with Gasteiger partial charge in [0.05, 0.1) is 38.1 Å². The maximum atomic E-state index is 12.0. The molecule has 1 unspecified atom stereocenters. The summed E-state index contributed by atoms with van der Waals surface area (Å²) in [5.41, 5.74) is 1.28. The van der Waals surface area contributed by atoms with E-state index in [2.05, 4.69) is 26.8 Å². The topological polar surface area (TPSA) is 287 Å². The van der Waals surface area contributed by atoms with Crippen LogP contribution in [0, 0.1) is 46.3 Å². The van der Waals surface area contributed by atoms with Gasteiger partial charge in [-0.15, -0.1) is 0 Å². The van der Waals surface area contributed by atoms with Crippen LogP contribution in [0.15, 0.2) is 11.6 Å². The van der Waals surface area contributed by atoms with E-state index in [0.717, 1.165) is 32.1 Å². The Morgan fingerprint density at radius 3 is 2.11 bits per heavy atom. The monoisotopic (exact) mass is 902 g/mol. The molecular weight excluding hydrogens is 828 g/mol. The van der Waals surface area contributed by atoms with E-state index in [0.29, 0.717) is 43.4 Å². The van der Waals surface area contributed by atoms with Crippen molar-refractivity contribution in [3.63, 3.8) is 0 Å². The van der Waals surface area contributed by atoms with Crippen LogP contribution < -0.4 is 0 Å². The van der Waals surface area contributed by atoms with E-state index in [1.54, 1.807) is 0 Å². The molecule has 63 heavy (non-hydrogen) atoms. The number of fused-ring (bicyclic) bond motifs is 7. The normalized spacial score (nSPS) is 55.0. The molecule has 0 amide bonds. The average molecular weight is 903 g/mol. The molecule has 0 aromatic heterocycles. The Hall–Kier alpha value is -0.980. The Bertz CT molecular complexity index is 1600. The van der Waals surface area contributed by atoms with E-state index >= 15 is 0 Å². The zero-order valence-electron chi connectivity index (χ0n) is 37.1. The van der Waals surface area contributed by atoms with Crippen LogP contribution in [0.25, 0.3) is 0 Å². The zero-order valence-corrected chi connectivity index (χ0v) is 37.1. The van der Waals surface area contributed by atoms with Crippen molar-refractivity contribution in [1.29, 1.82) is 0 Å². The maximum absolute atomic E-state index is 12.0. The molecule has 4 aliphatic carbocycles. The van der Waals surface area contributed by atoms with Crippen LogP contribution in [-0.2, 0) is 33.2 Å². The summed E-state index contributed by atoms with van der Waals surface area (Å²) in [7, 11) is 0. The Morgan fingerprint density at radius 2 is 1.40 bits per heavy atom. The number of aliphatic hydroxyl groups excluding tert-OH is 10. The highest BCUT2D eigenvalue weighted by Crippen LogP contribution is 2.70. The second-order valence-electron chi connectivity index (χ2n) is 21.0. The van der Waals surface area contributed by atoms with Crippen LogP contribution in [-0.4, -0.2) is 186 Å². The van der Waals surface area contributed by atoms with Gasteiger partial charge in [0.2, 0.25) is 0 Å². The molecule has 26 atom stereocenters. The first-order valence-corrected chi connectivity index (χ1v) is 23.4. The van der Waals surface area contributed by atoms with Gasteiger partial charge in [-0.3, -0.25) is 0 Å². The van der Waals surface area contributed by atoms with Crippen molar-refractivity contribution in [2.45, 2.75) is 203 Å². The molecule has 4 heterocycles. The number of hydrogen-bond donors (Lipinski definition) is 11. The van der Waals surface area contributed by atoms with Gasteiger partial charge in [0.15, 0.2) is 24.7 Å². The Kier molecular flexibility index (Phi) is 14.2. The molecule has 3 saturated carbocycles. The van der Waals surface area contributed by atoms with Gasteiger partial charge < -0.3 is 89.3 Å². The van der Waals surface area contributed by atoms with E-state index in [-0.39, 0.29) is 47.4 Å². The molecule has 0 radical (unpaired) electrons. The molecule has 7 fully saturated rings. The van der Waals surface area contributed by atoms with Crippen LogP contribution in [0.5, 0.6) is 0 Å². The number of hydrogen-bond acceptors (Lipinski definition) is 18. The highest BCUT2D eigenvalue weighted by atomic mass is 16.7. The van der Waals surface area contributed by atoms with Crippen LogP contribution in [0.1, 0.15) is 92.4 Å². The predicted molar refractivity (Wildman–Crippen MR) is 218 cm³/mol. The Labute approximate surface area is 369 Å². The van der Waals surface area contributed by atoms with Gasteiger partial charge in [-0.2, -0.15) is 0 Å². The fourth-order valence-corrected chi connectivity index (χ4v) is 13.5. The SMILES string of the molecule is C[C@H](CC[C@@]1(O)OC2C[C@H]3[C@@H]4CC=C5C[C@@H](O[C@@H]6O[C@H](CO)[C@@H](O[C@@H]7O[C@@H](C)[C@H](O)[C@@H](O)[C@H]7O)[C@H](O)[C@H]6O)CC[C@]5(C)[C@H]4CC[C@]3(C)[C@H]2[C@@H]1C)CO[C@@H]1O[C@H](CO)[C@@H](O)[C@H](O)[C@H]1O. The Balaban J connectivity index is 0.852. The predicted octanol–water partition coefficient (Wildman–Crippen LogP) is -0.831. The minimum absolute atomic E-state index is 0.00377. The van der Waals surface area contributed by atoms with Crippen molar-refractivity contribution in [3.05, 3.63) is 11.6 Å². The highest BCUT2D eigenvalue weighted by Gasteiger charge is 2.68. The quantitative estimate of drug-likeness (QED) is 0.107. The summed E-state index contributed by atoms with van der Waals surface area (Å²) in [6, 6.07) is 0. The van der Waals surface area contributed by atoms with Gasteiger partial charge >= 0.3 is 0 Å². The van der Waals surface area contributed by atoms with Gasteiger partial charge in [0.25, 0.3) is 0 Å². The summed E-state index contributed by atoms with van der Waals surface area (Å²) >= 11 is 0. The second kappa shape index (κ2) is 18.5. The van der Waals surface area contributed by atoms with Crippen molar-refractivity contribution < 1.29 is 89.3 Å². The van der Waals surface area contributed by atoms with Crippen LogP contribution in [0.4, 0.5) is 0 Å². The molecule has 0 aromatic carbocycles. The molecule has 8 aliphatic rings. The lowest BCUT2D eigenvalue weighted by Crippen LogP contribution is -2.64. The number of rotatable bonds is 12. The van der Waals surface area contributed by atoms with Gasteiger partial charge in [-0.05, 0) is 98.7 Å². The maximum Gasteiger partial charge on any atom is 0.187 e. The molecule has 18 nitrogen and oxygen atoms in total. The summed E-state index contributed by atoms with van der Waals surface area (Å²) in [5.74, 6) is 0.121. The van der Waals surface area contributed by atoms with Crippen molar-refractivity contribution >= 4 is 0 Å². The van der Waals surface area contributed by atoms with E-state index < -0.39 is 111 Å². The lowest BCUT2D eigenvalue weighted by Gasteiger charge is -2.58. The smallest absolute Gasteiger partial charge is 0.187 e. The van der Waals surface area contributed by atoms with Crippen molar-refractivity contribution in [1.82, 2.24) is 0 Å².